The van der Waals surface area contributed by atoms with E-state index in [0.717, 1.165) is 0 Å². The van der Waals surface area contributed by atoms with E-state index in [4.69, 9.17) is 10.5 Å². The van der Waals surface area contributed by atoms with Crippen LogP contribution in [0.25, 0.3) is 0 Å². The third kappa shape index (κ3) is 1.48. The number of carbonyl (C=O) groups is 1. The normalized spacial score (nSPS) is 30.7. The Morgan fingerprint density at radius 3 is 3.00 bits per heavy atom. The molecule has 0 aliphatic carbocycles. The summed E-state index contributed by atoms with van der Waals surface area (Å²) >= 11 is 0. The van der Waals surface area contributed by atoms with Gasteiger partial charge in [-0.05, 0) is 6.92 Å². The second-order valence-electron chi connectivity index (χ2n) is 4.23. The van der Waals surface area contributed by atoms with Crippen molar-refractivity contribution < 1.29 is 9.53 Å². The molecule has 1 aromatic heterocycles. The zero-order valence-corrected chi connectivity index (χ0v) is 8.93. The number of rotatable bonds is 2. The first-order valence-corrected chi connectivity index (χ1v) is 4.91. The number of ketones is 1. The van der Waals surface area contributed by atoms with E-state index in [2.05, 4.69) is 4.98 Å². The van der Waals surface area contributed by atoms with Gasteiger partial charge in [-0.1, -0.05) is 0 Å². The molecule has 1 saturated heterocycles. The van der Waals surface area contributed by atoms with E-state index in [9.17, 15) is 4.79 Å². The summed E-state index contributed by atoms with van der Waals surface area (Å²) in [5.41, 5.74) is 5.25. The van der Waals surface area contributed by atoms with Crippen LogP contribution in [0, 0.1) is 5.41 Å². The summed E-state index contributed by atoms with van der Waals surface area (Å²) in [5.74, 6) is 0.401. The number of carbonyl (C=O) groups excluding carboxylic acids is 1. The van der Waals surface area contributed by atoms with Crippen LogP contribution in [0.3, 0.4) is 0 Å². The maximum atomic E-state index is 12.2. The average molecular weight is 209 g/mol. The van der Waals surface area contributed by atoms with Crippen LogP contribution < -0.4 is 5.73 Å². The van der Waals surface area contributed by atoms with E-state index in [0.29, 0.717) is 19.0 Å². The van der Waals surface area contributed by atoms with Crippen molar-refractivity contribution in [2.45, 2.75) is 13.0 Å². The lowest BCUT2D eigenvalue weighted by Crippen LogP contribution is -2.45. The Labute approximate surface area is 88.2 Å². The van der Waals surface area contributed by atoms with Gasteiger partial charge in [0.1, 0.15) is 0 Å². The maximum absolute atomic E-state index is 12.2. The minimum atomic E-state index is -0.640. The number of Topliss-reactive ketones (excluding diaryl/α,β-unsaturated/α-hetero) is 1. The Balaban J connectivity index is 2.32. The smallest absolute Gasteiger partial charge is 0.208 e. The van der Waals surface area contributed by atoms with Crippen molar-refractivity contribution >= 4 is 5.78 Å². The Bertz CT molecular complexity index is 388. The van der Waals surface area contributed by atoms with Gasteiger partial charge >= 0.3 is 0 Å². The Morgan fingerprint density at radius 2 is 2.53 bits per heavy atom. The molecule has 0 saturated carbocycles. The largest absolute Gasteiger partial charge is 0.379 e. The molecule has 1 aliphatic heterocycles. The fraction of sp³-hybridized carbons (Fsp3) is 0.600. The van der Waals surface area contributed by atoms with Crippen molar-refractivity contribution in [1.29, 1.82) is 0 Å². The molecule has 1 aliphatic rings. The lowest BCUT2D eigenvalue weighted by Gasteiger charge is -2.24. The number of aryl methyl sites for hydroxylation is 1. The molecule has 0 amide bonds. The minimum Gasteiger partial charge on any atom is -0.379 e. The molecular weight excluding hydrogens is 194 g/mol. The first-order valence-electron chi connectivity index (χ1n) is 4.91. The van der Waals surface area contributed by atoms with Crippen LogP contribution in [0.2, 0.25) is 0 Å². The second-order valence-corrected chi connectivity index (χ2v) is 4.23. The van der Waals surface area contributed by atoms with Crippen molar-refractivity contribution in [1.82, 2.24) is 9.55 Å². The standard InChI is InChI=1S/C10H15N3O2/c1-10(6-15-5-7(10)11)8(14)9-12-3-4-13(9)2/h3-4,7H,5-6,11H2,1-2H3. The molecule has 2 rings (SSSR count). The van der Waals surface area contributed by atoms with Gasteiger partial charge in [-0.15, -0.1) is 0 Å². The molecule has 0 spiro atoms. The summed E-state index contributed by atoms with van der Waals surface area (Å²) in [6.45, 7) is 2.65. The average Bonchev–Trinajstić information content (AvgIpc) is 2.75. The van der Waals surface area contributed by atoms with Crippen molar-refractivity contribution in [2.24, 2.45) is 18.2 Å². The molecule has 2 heterocycles. The van der Waals surface area contributed by atoms with Crippen LogP contribution in [0.1, 0.15) is 17.5 Å². The van der Waals surface area contributed by atoms with Crippen LogP contribution in [0.4, 0.5) is 0 Å². The molecule has 0 bridgehead atoms. The maximum Gasteiger partial charge on any atom is 0.208 e. The summed E-state index contributed by atoms with van der Waals surface area (Å²) in [6.07, 6.45) is 3.36. The van der Waals surface area contributed by atoms with Crippen molar-refractivity contribution in [2.75, 3.05) is 13.2 Å². The number of ether oxygens (including phenoxy) is 1. The zero-order chi connectivity index (χ0) is 11.1. The van der Waals surface area contributed by atoms with Crippen LogP contribution in [0.5, 0.6) is 0 Å². The van der Waals surface area contributed by atoms with E-state index in [1.165, 1.54) is 0 Å². The number of nitrogens with two attached hydrogens (primary N) is 1. The van der Waals surface area contributed by atoms with Gasteiger partial charge in [-0.25, -0.2) is 4.98 Å². The van der Waals surface area contributed by atoms with Crippen LogP contribution >= 0.6 is 0 Å². The van der Waals surface area contributed by atoms with E-state index in [1.54, 1.807) is 24.0 Å². The van der Waals surface area contributed by atoms with Gasteiger partial charge in [0.05, 0.1) is 18.6 Å². The molecule has 1 fully saturated rings. The highest BCUT2D eigenvalue weighted by Gasteiger charge is 2.45. The van der Waals surface area contributed by atoms with Crippen molar-refractivity contribution in [3.05, 3.63) is 18.2 Å². The highest BCUT2D eigenvalue weighted by atomic mass is 16.5. The summed E-state index contributed by atoms with van der Waals surface area (Å²) in [4.78, 5) is 16.3. The number of hydrogen-bond donors (Lipinski definition) is 1. The van der Waals surface area contributed by atoms with Crippen LogP contribution in [-0.4, -0.2) is 34.6 Å². The SMILES string of the molecule is Cn1ccnc1C(=O)C1(C)COCC1N. The highest BCUT2D eigenvalue weighted by molar-refractivity contribution is 5.98. The van der Waals surface area contributed by atoms with Gasteiger partial charge in [0.25, 0.3) is 0 Å². The van der Waals surface area contributed by atoms with E-state index in [-0.39, 0.29) is 11.8 Å². The summed E-state index contributed by atoms with van der Waals surface area (Å²) in [7, 11) is 1.80. The fourth-order valence-electron chi connectivity index (χ4n) is 1.76. The Hall–Kier alpha value is -1.20. The first-order chi connectivity index (χ1) is 7.05. The molecule has 15 heavy (non-hydrogen) atoms. The van der Waals surface area contributed by atoms with Gasteiger partial charge in [-0.2, -0.15) is 0 Å². The van der Waals surface area contributed by atoms with Gasteiger partial charge in [0, 0.05) is 25.5 Å². The molecule has 2 N–H and O–H groups in total. The lowest BCUT2D eigenvalue weighted by atomic mass is 9.81. The van der Waals surface area contributed by atoms with Crippen molar-refractivity contribution in [3.8, 4) is 0 Å². The molecule has 5 nitrogen and oxygen atoms in total. The molecule has 0 radical (unpaired) electrons. The summed E-state index contributed by atoms with van der Waals surface area (Å²) in [6, 6.07) is -0.248. The van der Waals surface area contributed by atoms with Crippen molar-refractivity contribution in [3.63, 3.8) is 0 Å². The second kappa shape index (κ2) is 3.43. The topological polar surface area (TPSA) is 70.1 Å². The third-order valence-corrected chi connectivity index (χ3v) is 3.06. The Kier molecular flexibility index (Phi) is 2.36. The molecular formula is C10H15N3O2. The quantitative estimate of drug-likeness (QED) is 0.694. The number of hydrogen-bond acceptors (Lipinski definition) is 4. The highest BCUT2D eigenvalue weighted by Crippen LogP contribution is 2.30. The molecule has 5 heteroatoms. The predicted octanol–water partition coefficient (Wildman–Crippen LogP) is -0.0334. The molecule has 0 aromatic carbocycles. The first kappa shape index (κ1) is 10.3. The monoisotopic (exact) mass is 209 g/mol. The number of nitrogens with zero attached hydrogens (tertiary/aromatic N) is 2. The summed E-state index contributed by atoms with van der Waals surface area (Å²) in [5, 5.41) is 0. The third-order valence-electron chi connectivity index (χ3n) is 3.06. The minimum absolute atomic E-state index is 0.0417. The number of imidazole rings is 1. The van der Waals surface area contributed by atoms with Crippen LogP contribution in [-0.2, 0) is 11.8 Å². The van der Waals surface area contributed by atoms with Gasteiger partial charge in [0.15, 0.2) is 5.82 Å². The van der Waals surface area contributed by atoms with E-state index >= 15 is 0 Å². The lowest BCUT2D eigenvalue weighted by molar-refractivity contribution is 0.0753. The van der Waals surface area contributed by atoms with Crippen LogP contribution in [0.15, 0.2) is 12.4 Å². The predicted molar refractivity (Wildman–Crippen MR) is 54.4 cm³/mol. The van der Waals surface area contributed by atoms with Gasteiger partial charge < -0.3 is 15.0 Å². The Morgan fingerprint density at radius 1 is 1.80 bits per heavy atom. The van der Waals surface area contributed by atoms with E-state index < -0.39 is 5.41 Å². The molecule has 2 unspecified atom stereocenters. The summed E-state index contributed by atoms with van der Waals surface area (Å²) < 4.78 is 6.96. The molecule has 1 aromatic rings. The number of aromatic nitrogens is 2. The van der Waals surface area contributed by atoms with E-state index in [1.807, 2.05) is 6.92 Å². The molecule has 82 valence electrons. The zero-order valence-electron chi connectivity index (χ0n) is 8.93. The van der Waals surface area contributed by atoms with Gasteiger partial charge in [0.2, 0.25) is 5.78 Å². The van der Waals surface area contributed by atoms with Gasteiger partial charge in [-0.3, -0.25) is 4.79 Å². The molecule has 2 atom stereocenters. The fourth-order valence-corrected chi connectivity index (χ4v) is 1.76.